The molecule has 2 N–H and O–H groups in total. The number of hydrogen-bond acceptors (Lipinski definition) is 6. The maximum Gasteiger partial charge on any atom is 0.230 e. The first-order chi connectivity index (χ1) is 11.1. The van der Waals surface area contributed by atoms with E-state index in [1.165, 1.54) is 11.3 Å². The summed E-state index contributed by atoms with van der Waals surface area (Å²) >= 11 is 1.40. The zero-order valence-electron chi connectivity index (χ0n) is 13.7. The van der Waals surface area contributed by atoms with Gasteiger partial charge in [-0.05, 0) is 25.2 Å². The number of benzene rings is 1. The molecule has 6 nitrogen and oxygen atoms in total. The number of carbonyl (C=O) groups is 1. The second-order valence-corrected chi connectivity index (χ2v) is 5.91. The molecule has 0 aliphatic carbocycles. The van der Waals surface area contributed by atoms with Crippen LogP contribution in [0, 0.1) is 5.92 Å². The van der Waals surface area contributed by atoms with Gasteiger partial charge in [-0.25, -0.2) is 4.98 Å². The van der Waals surface area contributed by atoms with Crippen LogP contribution in [0.25, 0.3) is 11.3 Å². The van der Waals surface area contributed by atoms with Gasteiger partial charge in [0.15, 0.2) is 16.6 Å². The smallest absolute Gasteiger partial charge is 0.230 e. The lowest BCUT2D eigenvalue weighted by Gasteiger charge is -2.09. The molecule has 0 bridgehead atoms. The highest BCUT2D eigenvalue weighted by Gasteiger charge is 2.15. The standard InChI is InChI=1S/C16H21N3O3S/c1-10(8-17-2)15(20)19-16-18-12(9-23-16)11-5-6-13(21-3)14(7-11)22-4/h5-7,9-10,17H,8H2,1-4H3,(H,18,19,20). The molecule has 0 aliphatic rings. The van der Waals surface area contributed by atoms with E-state index < -0.39 is 0 Å². The molecule has 1 unspecified atom stereocenters. The number of nitrogens with one attached hydrogen (secondary N) is 2. The van der Waals surface area contributed by atoms with Gasteiger partial charge in [-0.15, -0.1) is 11.3 Å². The lowest BCUT2D eigenvalue weighted by Crippen LogP contribution is -2.28. The molecule has 23 heavy (non-hydrogen) atoms. The summed E-state index contributed by atoms with van der Waals surface area (Å²) in [5.41, 5.74) is 1.69. The molecule has 0 radical (unpaired) electrons. The van der Waals surface area contributed by atoms with Crippen LogP contribution in [0.1, 0.15) is 6.92 Å². The molecule has 0 fully saturated rings. The lowest BCUT2D eigenvalue weighted by atomic mass is 10.1. The fourth-order valence-corrected chi connectivity index (χ4v) is 2.81. The van der Waals surface area contributed by atoms with Gasteiger partial charge in [-0.1, -0.05) is 6.92 Å². The molecule has 0 aliphatic heterocycles. The molecule has 1 aromatic heterocycles. The predicted octanol–water partition coefficient (Wildman–Crippen LogP) is 2.62. The number of methoxy groups -OCH3 is 2. The van der Waals surface area contributed by atoms with Crippen LogP contribution < -0.4 is 20.1 Å². The molecule has 0 saturated carbocycles. The second kappa shape index (κ2) is 7.94. The number of hydrogen-bond donors (Lipinski definition) is 2. The van der Waals surface area contributed by atoms with E-state index >= 15 is 0 Å². The molecule has 1 aromatic carbocycles. The van der Waals surface area contributed by atoms with Crippen molar-refractivity contribution >= 4 is 22.4 Å². The SMILES string of the molecule is CNCC(C)C(=O)Nc1nc(-c2ccc(OC)c(OC)c2)cs1. The first-order valence-electron chi connectivity index (χ1n) is 7.22. The van der Waals surface area contributed by atoms with Gasteiger partial charge in [0.2, 0.25) is 5.91 Å². The van der Waals surface area contributed by atoms with Crippen molar-refractivity contribution in [2.24, 2.45) is 5.92 Å². The molecular weight excluding hydrogens is 314 g/mol. The van der Waals surface area contributed by atoms with Crippen LogP contribution in [0.2, 0.25) is 0 Å². The van der Waals surface area contributed by atoms with Crippen LogP contribution in [0.3, 0.4) is 0 Å². The highest BCUT2D eigenvalue weighted by atomic mass is 32.1. The van der Waals surface area contributed by atoms with Crippen molar-refractivity contribution in [2.45, 2.75) is 6.92 Å². The number of rotatable bonds is 7. The van der Waals surface area contributed by atoms with Gasteiger partial charge in [-0.3, -0.25) is 4.79 Å². The van der Waals surface area contributed by atoms with Crippen molar-refractivity contribution in [3.63, 3.8) is 0 Å². The number of nitrogens with zero attached hydrogens (tertiary/aromatic N) is 1. The van der Waals surface area contributed by atoms with Crippen LogP contribution in [0.5, 0.6) is 11.5 Å². The minimum Gasteiger partial charge on any atom is -0.493 e. The molecule has 0 spiro atoms. The molecule has 2 rings (SSSR count). The Labute approximate surface area is 139 Å². The van der Waals surface area contributed by atoms with Gasteiger partial charge < -0.3 is 20.1 Å². The Morgan fingerprint density at radius 2 is 2.04 bits per heavy atom. The van der Waals surface area contributed by atoms with Gasteiger partial charge in [0.1, 0.15) is 0 Å². The molecule has 7 heteroatoms. The van der Waals surface area contributed by atoms with Gasteiger partial charge in [0.25, 0.3) is 0 Å². The third-order valence-electron chi connectivity index (χ3n) is 3.37. The summed E-state index contributed by atoms with van der Waals surface area (Å²) in [4.78, 5) is 16.5. The first-order valence-corrected chi connectivity index (χ1v) is 8.10. The highest BCUT2D eigenvalue weighted by Crippen LogP contribution is 2.33. The van der Waals surface area contributed by atoms with Crippen molar-refractivity contribution in [2.75, 3.05) is 33.1 Å². The van der Waals surface area contributed by atoms with Crippen molar-refractivity contribution in [3.05, 3.63) is 23.6 Å². The van der Waals surface area contributed by atoms with Gasteiger partial charge >= 0.3 is 0 Å². The zero-order valence-corrected chi connectivity index (χ0v) is 14.5. The Hall–Kier alpha value is -2.12. The third kappa shape index (κ3) is 4.20. The van der Waals surface area contributed by atoms with Gasteiger partial charge in [-0.2, -0.15) is 0 Å². The van der Waals surface area contributed by atoms with Crippen molar-refractivity contribution in [1.29, 1.82) is 0 Å². The average Bonchev–Trinajstić information content (AvgIpc) is 3.02. The quantitative estimate of drug-likeness (QED) is 0.814. The summed E-state index contributed by atoms with van der Waals surface area (Å²) in [6.07, 6.45) is 0. The third-order valence-corrected chi connectivity index (χ3v) is 4.13. The molecule has 1 heterocycles. The predicted molar refractivity (Wildman–Crippen MR) is 92.4 cm³/mol. The van der Waals surface area contributed by atoms with E-state index in [0.717, 1.165) is 11.3 Å². The minimum atomic E-state index is -0.117. The zero-order chi connectivity index (χ0) is 16.8. The van der Waals surface area contributed by atoms with Crippen LogP contribution in [0.15, 0.2) is 23.6 Å². The largest absolute Gasteiger partial charge is 0.493 e. The maximum atomic E-state index is 12.0. The van der Waals surface area contributed by atoms with E-state index in [4.69, 9.17) is 9.47 Å². The summed E-state index contributed by atoms with van der Waals surface area (Å²) < 4.78 is 10.5. The number of carbonyl (C=O) groups excluding carboxylic acids is 1. The fraction of sp³-hybridized carbons (Fsp3) is 0.375. The number of thiazole rings is 1. The number of aromatic nitrogens is 1. The van der Waals surface area contributed by atoms with Crippen LogP contribution in [0.4, 0.5) is 5.13 Å². The van der Waals surface area contributed by atoms with Crippen LogP contribution in [-0.4, -0.2) is 38.7 Å². The Bertz CT molecular complexity index is 672. The second-order valence-electron chi connectivity index (χ2n) is 5.06. The van der Waals surface area contributed by atoms with Crippen molar-refractivity contribution < 1.29 is 14.3 Å². The Morgan fingerprint density at radius 1 is 1.30 bits per heavy atom. The number of ether oxygens (including phenoxy) is 2. The fourth-order valence-electron chi connectivity index (χ4n) is 2.09. The Morgan fingerprint density at radius 3 is 2.70 bits per heavy atom. The molecule has 124 valence electrons. The lowest BCUT2D eigenvalue weighted by molar-refractivity contribution is -0.119. The number of anilines is 1. The molecule has 0 saturated heterocycles. The summed E-state index contributed by atoms with van der Waals surface area (Å²) in [7, 11) is 5.01. The van der Waals surface area contributed by atoms with E-state index in [9.17, 15) is 4.79 Å². The molecular formula is C16H21N3O3S. The van der Waals surface area contributed by atoms with Crippen molar-refractivity contribution in [3.8, 4) is 22.8 Å². The van der Waals surface area contributed by atoms with E-state index in [1.807, 2.05) is 37.6 Å². The Balaban J connectivity index is 2.14. The summed E-state index contributed by atoms with van der Waals surface area (Å²) in [6, 6.07) is 5.61. The van der Waals surface area contributed by atoms with E-state index in [2.05, 4.69) is 15.6 Å². The summed E-state index contributed by atoms with van der Waals surface area (Å²) in [5, 5.41) is 8.31. The van der Waals surface area contributed by atoms with Crippen molar-refractivity contribution in [1.82, 2.24) is 10.3 Å². The molecule has 1 atom stereocenters. The van der Waals surface area contributed by atoms with E-state index in [1.54, 1.807) is 14.2 Å². The Kier molecular flexibility index (Phi) is 5.95. The van der Waals surface area contributed by atoms with E-state index in [-0.39, 0.29) is 11.8 Å². The average molecular weight is 335 g/mol. The molecule has 2 aromatic rings. The maximum absolute atomic E-state index is 12.0. The molecule has 1 amide bonds. The van der Waals surface area contributed by atoms with E-state index in [0.29, 0.717) is 23.2 Å². The normalized spacial score (nSPS) is 11.8. The summed E-state index contributed by atoms with van der Waals surface area (Å²) in [6.45, 7) is 2.49. The van der Waals surface area contributed by atoms with Gasteiger partial charge in [0, 0.05) is 23.4 Å². The van der Waals surface area contributed by atoms with Crippen LogP contribution in [-0.2, 0) is 4.79 Å². The van der Waals surface area contributed by atoms with Gasteiger partial charge in [0.05, 0.1) is 19.9 Å². The van der Waals surface area contributed by atoms with Crippen LogP contribution >= 0.6 is 11.3 Å². The monoisotopic (exact) mass is 335 g/mol. The minimum absolute atomic E-state index is 0.0486. The number of amides is 1. The topological polar surface area (TPSA) is 72.5 Å². The highest BCUT2D eigenvalue weighted by molar-refractivity contribution is 7.14. The summed E-state index contributed by atoms with van der Waals surface area (Å²) in [5.74, 6) is 1.15. The first kappa shape index (κ1) is 17.2.